The number of nitrogens with one attached hydrogen (secondary N) is 2. The van der Waals surface area contributed by atoms with Gasteiger partial charge < -0.3 is 51.3 Å². The molecule has 4 aliphatic rings. The van der Waals surface area contributed by atoms with Gasteiger partial charge >= 0.3 is 11.9 Å². The molecule has 0 radical (unpaired) electrons. The number of nitrogens with two attached hydrogens (primary N) is 2. The molecule has 4 fully saturated rings. The molecule has 12 rings (SSSR count). The van der Waals surface area contributed by atoms with Gasteiger partial charge in [-0.25, -0.2) is 9.59 Å². The minimum absolute atomic E-state index is 0.0256. The van der Waals surface area contributed by atoms with Gasteiger partial charge in [-0.2, -0.15) is 0 Å². The van der Waals surface area contributed by atoms with Crippen molar-refractivity contribution >= 4 is 93.4 Å². The predicted octanol–water partition coefficient (Wildman–Crippen LogP) is 12.8. The number of ether oxygens (including phenoxy) is 4. The number of rotatable bonds is 38. The molecule has 2 amide bonds. The van der Waals surface area contributed by atoms with E-state index in [1.807, 2.05) is 60.7 Å². The molecule has 8 N–H and O–H groups in total. The summed E-state index contributed by atoms with van der Waals surface area (Å²) in [7, 11) is 0. The summed E-state index contributed by atoms with van der Waals surface area (Å²) in [4.78, 5) is 65.1. The van der Waals surface area contributed by atoms with E-state index < -0.39 is 11.9 Å². The molecular weight excluding hydrogens is 1630 g/mol. The minimum Gasteiger partial charge on any atom is -0.480 e. The van der Waals surface area contributed by atoms with E-state index in [-0.39, 0.29) is 67.7 Å². The largest absolute Gasteiger partial charge is 0.480 e. The molecule has 0 aromatic heterocycles. The van der Waals surface area contributed by atoms with E-state index in [1.165, 1.54) is 44.5 Å². The second kappa shape index (κ2) is 56.5. The molecule has 0 bridgehead atoms. The second-order valence-electron chi connectivity index (χ2n) is 29.1. The van der Waals surface area contributed by atoms with E-state index in [4.69, 9.17) is 110 Å². The molecule has 0 aliphatic carbocycles. The highest BCUT2D eigenvalue weighted by Crippen LogP contribution is 2.35. The molecule has 28 heteroatoms. The molecular formula is C91H118Cl6N12O10. The van der Waals surface area contributed by atoms with Crippen molar-refractivity contribution in [3.8, 4) is 0 Å². The van der Waals surface area contributed by atoms with Gasteiger partial charge in [0.2, 0.25) is 11.8 Å². The van der Waals surface area contributed by atoms with Gasteiger partial charge in [-0.15, -0.1) is 23.2 Å². The standard InChI is InChI=1S/C45H56Cl2N6O4.2C21H25ClN2O3.C3H10N2.CH2Cl2/c46-40-16-12-38(13-17-40)44(36-8-3-1-4-9-36)52-26-22-50(23-27-52)30-32-56-34-42(54)48-20-7-21-49-43(55)35-57-33-31-51-24-28-53(29-25-51)45(37-10-5-2-6-11-37)39-14-18-41(47)19-15-39;2*22-19-8-6-18(7-9-19)21(17-4-2-1-3-5-17)24-12-10-23(11-13-24)14-15-27-16-20(25)26;4-2-1-3-5;2-1-3/h1-6,8-19,44-45H,7,20-35H2,(H,48,54)(H,49,55);2*1-9,21H,10-16H2,(H,25,26);1-5H2;1H2. The minimum atomic E-state index is -0.923. The molecule has 4 unspecified atom stereocenters. The Labute approximate surface area is 733 Å². The van der Waals surface area contributed by atoms with Crippen LogP contribution >= 0.6 is 69.6 Å². The quantitative estimate of drug-likeness (QED) is 0.0155. The first-order valence-corrected chi connectivity index (χ1v) is 43.5. The monoisotopic (exact) mass is 1750 g/mol. The van der Waals surface area contributed by atoms with Crippen LogP contribution in [0.1, 0.15) is 81.5 Å². The maximum absolute atomic E-state index is 12.3. The second-order valence-corrected chi connectivity index (χ2v) is 31.6. The lowest BCUT2D eigenvalue weighted by Gasteiger charge is -2.39. The smallest absolute Gasteiger partial charge is 0.329 e. The Balaban J connectivity index is 0.000000236. The van der Waals surface area contributed by atoms with Crippen molar-refractivity contribution in [1.82, 2.24) is 49.8 Å². The Morgan fingerprint density at radius 1 is 0.311 bits per heavy atom. The number of piperazine rings is 4. The van der Waals surface area contributed by atoms with Crippen LogP contribution in [0.15, 0.2) is 218 Å². The highest BCUT2D eigenvalue weighted by molar-refractivity contribution is 6.40. The summed E-state index contributed by atoms with van der Waals surface area (Å²) in [6.45, 7) is 22.0. The van der Waals surface area contributed by atoms with E-state index in [0.29, 0.717) is 45.9 Å². The summed E-state index contributed by atoms with van der Waals surface area (Å²) in [5.74, 6) is -2.14. The first-order valence-electron chi connectivity index (χ1n) is 40.9. The Morgan fingerprint density at radius 3 is 0.706 bits per heavy atom. The highest BCUT2D eigenvalue weighted by Gasteiger charge is 2.31. The fourth-order valence-electron chi connectivity index (χ4n) is 14.7. The van der Waals surface area contributed by atoms with E-state index >= 15 is 0 Å². The number of halogens is 6. The molecule has 4 heterocycles. The van der Waals surface area contributed by atoms with E-state index in [2.05, 4.69) is 208 Å². The van der Waals surface area contributed by atoms with Gasteiger partial charge in [-0.1, -0.05) is 216 Å². The number of amides is 2. The molecule has 0 spiro atoms. The van der Waals surface area contributed by atoms with Gasteiger partial charge in [-0.3, -0.25) is 48.8 Å². The maximum atomic E-state index is 12.3. The van der Waals surface area contributed by atoms with Crippen molar-refractivity contribution in [2.75, 3.05) is 215 Å². The van der Waals surface area contributed by atoms with E-state index in [9.17, 15) is 19.2 Å². The van der Waals surface area contributed by atoms with Crippen molar-refractivity contribution in [3.63, 3.8) is 0 Å². The molecule has 4 saturated heterocycles. The van der Waals surface area contributed by atoms with Crippen LogP contribution in [-0.2, 0) is 38.1 Å². The molecule has 644 valence electrons. The number of benzene rings is 8. The van der Waals surface area contributed by atoms with Crippen LogP contribution in [0.3, 0.4) is 0 Å². The van der Waals surface area contributed by atoms with Crippen LogP contribution in [0.25, 0.3) is 0 Å². The number of aliphatic carboxylic acids is 2. The number of hydrogen-bond acceptors (Lipinski definition) is 18. The predicted molar refractivity (Wildman–Crippen MR) is 479 cm³/mol. The van der Waals surface area contributed by atoms with E-state index in [0.717, 1.165) is 170 Å². The highest BCUT2D eigenvalue weighted by atomic mass is 35.5. The van der Waals surface area contributed by atoms with Crippen molar-refractivity contribution in [2.24, 2.45) is 11.5 Å². The third-order valence-corrected chi connectivity index (χ3v) is 21.8. The van der Waals surface area contributed by atoms with Gasteiger partial charge in [0.25, 0.3) is 0 Å². The lowest BCUT2D eigenvalue weighted by molar-refractivity contribution is -0.143. The average Bonchev–Trinajstić information content (AvgIpc) is 0.828. The summed E-state index contributed by atoms with van der Waals surface area (Å²) in [6.07, 6.45) is 1.58. The third-order valence-electron chi connectivity index (χ3n) is 20.8. The first kappa shape index (κ1) is 97.3. The van der Waals surface area contributed by atoms with Gasteiger partial charge in [-0.05, 0) is 119 Å². The van der Waals surface area contributed by atoms with Gasteiger partial charge in [0.05, 0.1) is 55.9 Å². The van der Waals surface area contributed by atoms with Crippen LogP contribution in [0.2, 0.25) is 20.1 Å². The lowest BCUT2D eigenvalue weighted by Crippen LogP contribution is -2.48. The average molecular weight is 1750 g/mol. The summed E-state index contributed by atoms with van der Waals surface area (Å²) >= 11 is 34.1. The van der Waals surface area contributed by atoms with E-state index in [1.54, 1.807) is 0 Å². The van der Waals surface area contributed by atoms with Crippen LogP contribution < -0.4 is 22.1 Å². The number of carbonyl (C=O) groups is 4. The molecule has 22 nitrogen and oxygen atoms in total. The van der Waals surface area contributed by atoms with Gasteiger partial charge in [0.1, 0.15) is 26.4 Å². The third kappa shape index (κ3) is 36.0. The zero-order valence-corrected chi connectivity index (χ0v) is 72.5. The SMILES string of the molecule is ClCCl.NCCCN.O=C(COCCN1CCN(C(c2ccccc2)c2ccc(Cl)cc2)CC1)NCCCNC(=O)COCCN1CCN(C(c2ccccc2)c2ccc(Cl)cc2)CC1.O=C(O)COCCN1CCN(C(c2ccccc2)c2ccc(Cl)cc2)CC1.O=C(O)COCCN1CCN(C(c2ccccc2)c2ccc(Cl)cc2)CC1. The number of carboxylic acid groups (broad SMARTS) is 2. The van der Waals surface area contributed by atoms with Gasteiger partial charge in [0.15, 0.2) is 0 Å². The Hall–Kier alpha value is -7.18. The molecule has 4 aliphatic heterocycles. The molecule has 8 aromatic carbocycles. The fourth-order valence-corrected chi connectivity index (χ4v) is 15.2. The summed E-state index contributed by atoms with van der Waals surface area (Å²) in [5.41, 5.74) is 20.2. The Kier molecular flexibility index (Phi) is 46.2. The zero-order chi connectivity index (χ0) is 84.6. The molecule has 119 heavy (non-hydrogen) atoms. The lowest BCUT2D eigenvalue weighted by atomic mass is 9.96. The molecule has 8 aromatic rings. The summed E-state index contributed by atoms with van der Waals surface area (Å²) < 4.78 is 21.7. The zero-order valence-electron chi connectivity index (χ0n) is 68.0. The summed E-state index contributed by atoms with van der Waals surface area (Å²) in [6, 6.07) is 75.6. The van der Waals surface area contributed by atoms with Crippen LogP contribution in [0.5, 0.6) is 0 Å². The number of carboxylic acids is 2. The maximum Gasteiger partial charge on any atom is 0.329 e. The molecule has 4 atom stereocenters. The first-order chi connectivity index (χ1) is 58.0. The van der Waals surface area contributed by atoms with Crippen LogP contribution in [0, 0.1) is 0 Å². The topological polar surface area (TPSA) is 248 Å². The number of carbonyl (C=O) groups excluding carboxylic acids is 2. The number of nitrogens with zero attached hydrogens (tertiary/aromatic N) is 8. The normalized spacial score (nSPS) is 16.3. The van der Waals surface area contributed by atoms with Crippen molar-refractivity contribution in [3.05, 3.63) is 283 Å². The van der Waals surface area contributed by atoms with Crippen molar-refractivity contribution < 1.29 is 48.3 Å². The van der Waals surface area contributed by atoms with Crippen molar-refractivity contribution in [1.29, 1.82) is 0 Å². The Morgan fingerprint density at radius 2 is 0.513 bits per heavy atom. The summed E-state index contributed by atoms with van der Waals surface area (Å²) in [5, 5.41) is 26.2. The Bertz CT molecular complexity index is 3810. The van der Waals surface area contributed by atoms with Crippen LogP contribution in [0.4, 0.5) is 0 Å². The number of hydrogen-bond donors (Lipinski definition) is 6. The van der Waals surface area contributed by atoms with Crippen molar-refractivity contribution in [2.45, 2.75) is 37.0 Å². The van der Waals surface area contributed by atoms with Gasteiger partial charge in [0, 0.05) is 164 Å². The number of alkyl halides is 2. The molecule has 0 saturated carbocycles. The van der Waals surface area contributed by atoms with Crippen LogP contribution in [-0.4, -0.2) is 288 Å². The fraction of sp³-hybridized carbons (Fsp3) is 0.429.